The maximum Gasteiger partial charge on any atom is 0.0861 e. The largest absolute Gasteiger partial charge is 0.386 e. The molecule has 2 rings (SSSR count). The summed E-state index contributed by atoms with van der Waals surface area (Å²) in [4.78, 5) is 3.09. The van der Waals surface area contributed by atoms with Crippen molar-refractivity contribution in [3.05, 3.63) is 35.0 Å². The number of aromatic amines is 1. The quantitative estimate of drug-likeness (QED) is 0.744. The lowest BCUT2D eigenvalue weighted by atomic mass is 9.98. The van der Waals surface area contributed by atoms with Crippen LogP contribution < -0.4 is 0 Å². The average Bonchev–Trinajstić information content (AvgIpc) is 2.47. The van der Waals surface area contributed by atoms with Crippen molar-refractivity contribution in [3.63, 3.8) is 0 Å². The van der Waals surface area contributed by atoms with Crippen LogP contribution in [0.2, 0.25) is 5.02 Å². The highest BCUT2D eigenvalue weighted by molar-refractivity contribution is 6.35. The maximum atomic E-state index is 9.92. The predicted octanol–water partition coefficient (Wildman–Crippen LogP) is 3.05. The van der Waals surface area contributed by atoms with Crippen LogP contribution in [-0.2, 0) is 5.60 Å². The lowest BCUT2D eigenvalue weighted by Gasteiger charge is -2.16. The molecule has 0 atom stereocenters. The predicted molar refractivity (Wildman–Crippen MR) is 58.6 cm³/mol. The lowest BCUT2D eigenvalue weighted by Crippen LogP contribution is -2.14. The highest BCUT2D eigenvalue weighted by Crippen LogP contribution is 2.32. The summed E-state index contributed by atoms with van der Waals surface area (Å²) in [5, 5.41) is 11.5. The monoisotopic (exact) mass is 209 g/mol. The molecule has 0 saturated heterocycles. The van der Waals surface area contributed by atoms with Crippen molar-refractivity contribution in [3.8, 4) is 0 Å². The van der Waals surface area contributed by atoms with Gasteiger partial charge in [0.1, 0.15) is 0 Å². The van der Waals surface area contributed by atoms with Crippen LogP contribution in [0.25, 0.3) is 10.9 Å². The summed E-state index contributed by atoms with van der Waals surface area (Å²) in [5.74, 6) is 0. The zero-order valence-corrected chi connectivity index (χ0v) is 8.89. The average molecular weight is 210 g/mol. The van der Waals surface area contributed by atoms with E-state index in [0.717, 1.165) is 16.5 Å². The number of aliphatic hydroxyl groups is 1. The standard InChI is InChI=1S/C11H12ClNO/c1-11(2,14)7-6-13-9-5-3-4-8(12)10(7)9/h3-6,13-14H,1-2H3. The van der Waals surface area contributed by atoms with Gasteiger partial charge in [-0.05, 0) is 26.0 Å². The van der Waals surface area contributed by atoms with E-state index in [9.17, 15) is 5.11 Å². The molecule has 0 aliphatic carbocycles. The minimum atomic E-state index is -0.872. The Kier molecular flexibility index (Phi) is 2.05. The Morgan fingerprint density at radius 3 is 2.71 bits per heavy atom. The molecule has 1 aromatic carbocycles. The maximum absolute atomic E-state index is 9.92. The van der Waals surface area contributed by atoms with Gasteiger partial charge in [0.15, 0.2) is 0 Å². The van der Waals surface area contributed by atoms with E-state index in [-0.39, 0.29) is 0 Å². The number of fused-ring (bicyclic) bond motifs is 1. The normalized spacial score (nSPS) is 12.3. The number of nitrogens with one attached hydrogen (secondary N) is 1. The Balaban J connectivity index is 2.80. The number of benzene rings is 1. The summed E-state index contributed by atoms with van der Waals surface area (Å²) < 4.78 is 0. The molecule has 0 aliphatic rings. The van der Waals surface area contributed by atoms with Crippen LogP contribution in [0.1, 0.15) is 19.4 Å². The smallest absolute Gasteiger partial charge is 0.0861 e. The molecule has 74 valence electrons. The van der Waals surface area contributed by atoms with Crippen molar-refractivity contribution >= 4 is 22.5 Å². The first-order valence-electron chi connectivity index (χ1n) is 4.48. The molecular weight excluding hydrogens is 198 g/mol. The Morgan fingerprint density at radius 1 is 1.36 bits per heavy atom. The number of aromatic nitrogens is 1. The molecule has 1 aromatic heterocycles. The van der Waals surface area contributed by atoms with Gasteiger partial charge < -0.3 is 10.1 Å². The first-order chi connectivity index (χ1) is 6.50. The molecule has 0 spiro atoms. The Hall–Kier alpha value is -0.990. The molecule has 0 radical (unpaired) electrons. The molecule has 3 heteroatoms. The van der Waals surface area contributed by atoms with Crippen molar-refractivity contribution in [1.82, 2.24) is 4.98 Å². The number of halogens is 1. The molecule has 0 fully saturated rings. The van der Waals surface area contributed by atoms with E-state index in [1.54, 1.807) is 20.0 Å². The zero-order chi connectivity index (χ0) is 10.3. The van der Waals surface area contributed by atoms with E-state index in [1.807, 2.05) is 18.2 Å². The molecule has 2 aromatic rings. The van der Waals surface area contributed by atoms with E-state index in [0.29, 0.717) is 5.02 Å². The van der Waals surface area contributed by atoms with Crippen molar-refractivity contribution in [2.75, 3.05) is 0 Å². The van der Waals surface area contributed by atoms with Gasteiger partial charge in [0.05, 0.1) is 10.6 Å². The third-order valence-corrected chi connectivity index (χ3v) is 2.63. The van der Waals surface area contributed by atoms with Gasteiger partial charge in [-0.25, -0.2) is 0 Å². The summed E-state index contributed by atoms with van der Waals surface area (Å²) in [6, 6.07) is 5.65. The lowest BCUT2D eigenvalue weighted by molar-refractivity contribution is 0.0802. The summed E-state index contributed by atoms with van der Waals surface area (Å²) in [6.45, 7) is 3.50. The first kappa shape index (κ1) is 9.56. The van der Waals surface area contributed by atoms with Gasteiger partial charge in [0.2, 0.25) is 0 Å². The van der Waals surface area contributed by atoms with E-state index in [1.165, 1.54) is 0 Å². The minimum Gasteiger partial charge on any atom is -0.386 e. The number of hydrogen-bond donors (Lipinski definition) is 2. The molecular formula is C11H12ClNO. The third-order valence-electron chi connectivity index (χ3n) is 2.31. The van der Waals surface area contributed by atoms with Crippen molar-refractivity contribution < 1.29 is 5.11 Å². The third kappa shape index (κ3) is 1.41. The molecule has 14 heavy (non-hydrogen) atoms. The molecule has 0 amide bonds. The summed E-state index contributed by atoms with van der Waals surface area (Å²) in [5.41, 5.74) is 0.913. The highest BCUT2D eigenvalue weighted by atomic mass is 35.5. The van der Waals surface area contributed by atoms with Crippen molar-refractivity contribution in [1.29, 1.82) is 0 Å². The van der Waals surface area contributed by atoms with Crippen LogP contribution in [0.3, 0.4) is 0 Å². The van der Waals surface area contributed by atoms with Gasteiger partial charge >= 0.3 is 0 Å². The topological polar surface area (TPSA) is 36.0 Å². The van der Waals surface area contributed by atoms with Crippen LogP contribution in [-0.4, -0.2) is 10.1 Å². The second-order valence-corrected chi connectivity index (χ2v) is 4.33. The fourth-order valence-corrected chi connectivity index (χ4v) is 1.90. The van der Waals surface area contributed by atoms with Crippen molar-refractivity contribution in [2.45, 2.75) is 19.4 Å². The van der Waals surface area contributed by atoms with Crippen LogP contribution >= 0.6 is 11.6 Å². The summed E-state index contributed by atoms with van der Waals surface area (Å²) in [6.07, 6.45) is 1.80. The molecule has 0 unspecified atom stereocenters. The van der Waals surface area contributed by atoms with E-state index in [2.05, 4.69) is 4.98 Å². The molecule has 0 saturated carbocycles. The number of H-pyrrole nitrogens is 1. The van der Waals surface area contributed by atoms with E-state index < -0.39 is 5.60 Å². The zero-order valence-electron chi connectivity index (χ0n) is 8.13. The Bertz CT molecular complexity index is 468. The van der Waals surface area contributed by atoms with Gasteiger partial charge in [-0.15, -0.1) is 0 Å². The summed E-state index contributed by atoms with van der Waals surface area (Å²) in [7, 11) is 0. The van der Waals surface area contributed by atoms with Crippen LogP contribution in [0, 0.1) is 0 Å². The van der Waals surface area contributed by atoms with Gasteiger partial charge in [-0.2, -0.15) is 0 Å². The van der Waals surface area contributed by atoms with Crippen LogP contribution in [0.5, 0.6) is 0 Å². The van der Waals surface area contributed by atoms with Crippen LogP contribution in [0.15, 0.2) is 24.4 Å². The second-order valence-electron chi connectivity index (χ2n) is 3.92. The minimum absolute atomic E-state index is 0.667. The van der Waals surface area contributed by atoms with Gasteiger partial charge in [0.25, 0.3) is 0 Å². The molecule has 2 N–H and O–H groups in total. The van der Waals surface area contributed by atoms with Gasteiger partial charge in [0, 0.05) is 22.7 Å². The van der Waals surface area contributed by atoms with E-state index >= 15 is 0 Å². The molecule has 1 heterocycles. The fraction of sp³-hybridized carbons (Fsp3) is 0.273. The van der Waals surface area contributed by atoms with Gasteiger partial charge in [-0.3, -0.25) is 0 Å². The fourth-order valence-electron chi connectivity index (χ4n) is 1.62. The molecule has 0 bridgehead atoms. The molecule has 0 aliphatic heterocycles. The SMILES string of the molecule is CC(C)(O)c1c[nH]c2cccc(Cl)c12. The molecule has 2 nitrogen and oxygen atoms in total. The van der Waals surface area contributed by atoms with Gasteiger partial charge in [-0.1, -0.05) is 17.7 Å². The van der Waals surface area contributed by atoms with Crippen molar-refractivity contribution in [2.24, 2.45) is 0 Å². The Morgan fingerprint density at radius 2 is 2.07 bits per heavy atom. The summed E-state index contributed by atoms with van der Waals surface area (Å²) >= 11 is 6.08. The number of hydrogen-bond acceptors (Lipinski definition) is 1. The first-order valence-corrected chi connectivity index (χ1v) is 4.86. The Labute approximate surface area is 87.5 Å². The second kappa shape index (κ2) is 3.01. The highest BCUT2D eigenvalue weighted by Gasteiger charge is 2.21. The number of rotatable bonds is 1. The van der Waals surface area contributed by atoms with Crippen LogP contribution in [0.4, 0.5) is 0 Å². The van der Waals surface area contributed by atoms with E-state index in [4.69, 9.17) is 11.6 Å².